The molecule has 0 saturated carbocycles. The van der Waals surface area contributed by atoms with E-state index >= 15 is 0 Å². The van der Waals surface area contributed by atoms with Gasteiger partial charge in [0.15, 0.2) is 0 Å². The molecule has 0 fully saturated rings. The number of rotatable bonds is 12. The Morgan fingerprint density at radius 1 is 1.17 bits per heavy atom. The fraction of sp³-hybridized carbons (Fsp3) is 1.00. The molecule has 1 unspecified atom stereocenters. The van der Waals surface area contributed by atoms with Crippen LogP contribution in [0.1, 0.15) is 47.0 Å². The molecule has 0 aromatic carbocycles. The zero-order chi connectivity index (χ0) is 13.8. The first-order valence-electron chi connectivity index (χ1n) is 7.63. The van der Waals surface area contributed by atoms with Gasteiger partial charge in [0, 0.05) is 32.8 Å². The van der Waals surface area contributed by atoms with Gasteiger partial charge in [0.1, 0.15) is 0 Å². The average molecular weight is 258 g/mol. The smallest absolute Gasteiger partial charge is 0.0474 e. The Kier molecular flexibility index (Phi) is 11.9. The third-order valence-electron chi connectivity index (χ3n) is 3.82. The monoisotopic (exact) mass is 258 g/mol. The molecule has 0 heterocycles. The van der Waals surface area contributed by atoms with Crippen LogP contribution in [0.2, 0.25) is 0 Å². The summed E-state index contributed by atoms with van der Waals surface area (Å²) in [6.07, 6.45) is 3.68. The highest BCUT2D eigenvalue weighted by molar-refractivity contribution is 4.71. The Balaban J connectivity index is 3.84. The van der Waals surface area contributed by atoms with Crippen molar-refractivity contribution in [3.05, 3.63) is 0 Å². The number of likely N-dealkylation sites (N-methyl/N-ethyl adjacent to an activating group) is 1. The maximum atomic E-state index is 5.05. The predicted molar refractivity (Wildman–Crippen MR) is 80.1 cm³/mol. The van der Waals surface area contributed by atoms with Crippen LogP contribution < -0.4 is 5.32 Å². The molecule has 0 aliphatic heterocycles. The Hall–Kier alpha value is -0.120. The quantitative estimate of drug-likeness (QED) is 0.545. The van der Waals surface area contributed by atoms with Gasteiger partial charge in [-0.2, -0.15) is 0 Å². The summed E-state index contributed by atoms with van der Waals surface area (Å²) in [5.41, 5.74) is 0. The minimum atomic E-state index is 0.623. The summed E-state index contributed by atoms with van der Waals surface area (Å²) in [4.78, 5) is 2.60. The maximum Gasteiger partial charge on any atom is 0.0474 e. The lowest BCUT2D eigenvalue weighted by molar-refractivity contribution is 0.172. The second kappa shape index (κ2) is 11.9. The Morgan fingerprint density at radius 2 is 1.83 bits per heavy atom. The molecule has 0 amide bonds. The lowest BCUT2D eigenvalue weighted by Gasteiger charge is -2.31. The number of hydrogen-bond donors (Lipinski definition) is 1. The number of hydrogen-bond acceptors (Lipinski definition) is 3. The largest absolute Gasteiger partial charge is 0.385 e. The first-order valence-corrected chi connectivity index (χ1v) is 7.63. The summed E-state index contributed by atoms with van der Waals surface area (Å²) < 4.78 is 5.05. The molecule has 3 heteroatoms. The zero-order valence-electron chi connectivity index (χ0n) is 13.2. The molecule has 0 aliphatic rings. The van der Waals surface area contributed by atoms with Gasteiger partial charge in [-0.25, -0.2) is 0 Å². The second-order valence-electron chi connectivity index (χ2n) is 5.17. The normalized spacial score (nSPS) is 13.5. The van der Waals surface area contributed by atoms with Gasteiger partial charge in [0.2, 0.25) is 0 Å². The van der Waals surface area contributed by atoms with Crippen LogP contribution in [-0.2, 0) is 4.74 Å². The van der Waals surface area contributed by atoms with Crippen molar-refractivity contribution in [2.45, 2.75) is 53.0 Å². The van der Waals surface area contributed by atoms with Crippen molar-refractivity contribution in [3.8, 4) is 0 Å². The molecule has 110 valence electrons. The van der Waals surface area contributed by atoms with Gasteiger partial charge in [-0.3, -0.25) is 4.90 Å². The van der Waals surface area contributed by atoms with Gasteiger partial charge in [-0.1, -0.05) is 33.6 Å². The number of nitrogens with zero attached hydrogens (tertiary/aromatic N) is 1. The Bertz CT molecular complexity index is 172. The number of nitrogens with one attached hydrogen (secondary N) is 1. The van der Waals surface area contributed by atoms with Crippen molar-refractivity contribution in [1.29, 1.82) is 0 Å². The molecule has 0 aromatic rings. The first-order chi connectivity index (χ1) is 8.69. The van der Waals surface area contributed by atoms with Crippen molar-refractivity contribution in [3.63, 3.8) is 0 Å². The van der Waals surface area contributed by atoms with E-state index in [4.69, 9.17) is 4.74 Å². The van der Waals surface area contributed by atoms with Crippen molar-refractivity contribution >= 4 is 0 Å². The predicted octanol–water partition coefficient (Wildman–Crippen LogP) is 2.76. The number of methoxy groups -OCH3 is 1. The SMILES string of the molecule is CCC(CC)CN(CC)C(C)CNCCCOC. The van der Waals surface area contributed by atoms with E-state index in [2.05, 4.69) is 37.9 Å². The highest BCUT2D eigenvalue weighted by Gasteiger charge is 2.15. The van der Waals surface area contributed by atoms with Crippen molar-refractivity contribution in [2.24, 2.45) is 5.92 Å². The summed E-state index contributed by atoms with van der Waals surface area (Å²) in [5, 5.41) is 3.52. The standard InChI is InChI=1S/C15H34N2O/c1-6-15(7-2)13-17(8-3)14(4)12-16-10-9-11-18-5/h14-16H,6-13H2,1-5H3. The minimum absolute atomic E-state index is 0.623. The fourth-order valence-electron chi connectivity index (χ4n) is 2.28. The molecule has 0 aromatic heterocycles. The third-order valence-corrected chi connectivity index (χ3v) is 3.82. The highest BCUT2D eigenvalue weighted by Crippen LogP contribution is 2.11. The molecule has 18 heavy (non-hydrogen) atoms. The molecule has 1 atom stereocenters. The van der Waals surface area contributed by atoms with E-state index in [0.29, 0.717) is 6.04 Å². The van der Waals surface area contributed by atoms with Crippen LogP contribution in [0.3, 0.4) is 0 Å². The summed E-state index contributed by atoms with van der Waals surface area (Å²) in [6, 6.07) is 0.623. The zero-order valence-corrected chi connectivity index (χ0v) is 13.2. The van der Waals surface area contributed by atoms with Crippen LogP contribution in [0, 0.1) is 5.92 Å². The van der Waals surface area contributed by atoms with Crippen molar-refractivity contribution < 1.29 is 4.74 Å². The number of ether oxygens (including phenoxy) is 1. The molecular weight excluding hydrogens is 224 g/mol. The summed E-state index contributed by atoms with van der Waals surface area (Å²) in [7, 11) is 1.76. The summed E-state index contributed by atoms with van der Waals surface area (Å²) in [6.45, 7) is 14.6. The lowest BCUT2D eigenvalue weighted by Crippen LogP contribution is -2.42. The van der Waals surface area contributed by atoms with Gasteiger partial charge in [-0.15, -0.1) is 0 Å². The Morgan fingerprint density at radius 3 is 2.33 bits per heavy atom. The highest BCUT2D eigenvalue weighted by atomic mass is 16.5. The van der Waals surface area contributed by atoms with E-state index < -0.39 is 0 Å². The third kappa shape index (κ3) is 8.06. The van der Waals surface area contributed by atoms with E-state index in [1.165, 1.54) is 19.4 Å². The van der Waals surface area contributed by atoms with Crippen LogP contribution in [0.5, 0.6) is 0 Å². The summed E-state index contributed by atoms with van der Waals surface area (Å²) in [5.74, 6) is 0.848. The lowest BCUT2D eigenvalue weighted by atomic mass is 10.0. The van der Waals surface area contributed by atoms with Crippen molar-refractivity contribution in [1.82, 2.24) is 10.2 Å². The van der Waals surface area contributed by atoms with E-state index in [9.17, 15) is 0 Å². The molecule has 1 N–H and O–H groups in total. The fourth-order valence-corrected chi connectivity index (χ4v) is 2.28. The van der Waals surface area contributed by atoms with E-state index in [-0.39, 0.29) is 0 Å². The van der Waals surface area contributed by atoms with Crippen LogP contribution in [-0.4, -0.2) is 50.8 Å². The van der Waals surface area contributed by atoms with Crippen LogP contribution in [0.4, 0.5) is 0 Å². The van der Waals surface area contributed by atoms with Crippen LogP contribution in [0.15, 0.2) is 0 Å². The summed E-state index contributed by atoms with van der Waals surface area (Å²) >= 11 is 0. The second-order valence-corrected chi connectivity index (χ2v) is 5.17. The molecule has 0 bridgehead atoms. The van der Waals surface area contributed by atoms with E-state index in [0.717, 1.165) is 38.6 Å². The average Bonchev–Trinajstić information content (AvgIpc) is 2.40. The maximum absolute atomic E-state index is 5.05. The van der Waals surface area contributed by atoms with Crippen LogP contribution >= 0.6 is 0 Å². The first kappa shape index (κ1) is 17.9. The van der Waals surface area contributed by atoms with E-state index in [1.807, 2.05) is 0 Å². The molecule has 0 aliphatic carbocycles. The van der Waals surface area contributed by atoms with Crippen LogP contribution in [0.25, 0.3) is 0 Å². The van der Waals surface area contributed by atoms with E-state index in [1.54, 1.807) is 7.11 Å². The molecular formula is C15H34N2O. The molecule has 0 saturated heterocycles. The topological polar surface area (TPSA) is 24.5 Å². The van der Waals surface area contributed by atoms with Gasteiger partial charge in [-0.05, 0) is 32.4 Å². The Labute approximate surface area is 114 Å². The van der Waals surface area contributed by atoms with Gasteiger partial charge >= 0.3 is 0 Å². The van der Waals surface area contributed by atoms with Crippen molar-refractivity contribution in [2.75, 3.05) is 39.9 Å². The van der Waals surface area contributed by atoms with Gasteiger partial charge < -0.3 is 10.1 Å². The molecule has 0 rings (SSSR count). The van der Waals surface area contributed by atoms with Gasteiger partial charge in [0.05, 0.1) is 0 Å². The molecule has 3 nitrogen and oxygen atoms in total. The van der Waals surface area contributed by atoms with Gasteiger partial charge in [0.25, 0.3) is 0 Å². The molecule has 0 radical (unpaired) electrons. The minimum Gasteiger partial charge on any atom is -0.385 e. The molecule has 0 spiro atoms.